The minimum absolute atomic E-state index is 0.165. The molecule has 0 atom stereocenters. The molecule has 0 aliphatic carbocycles. The van der Waals surface area contributed by atoms with Gasteiger partial charge in [0.25, 0.3) is 0 Å². The molecule has 1 aliphatic rings. The maximum Gasteiger partial charge on any atom is 0.489 e. The summed E-state index contributed by atoms with van der Waals surface area (Å²) in [5.41, 5.74) is 0.752. The second-order valence-corrected chi connectivity index (χ2v) is 5.68. The third kappa shape index (κ3) is 2.89. The van der Waals surface area contributed by atoms with Gasteiger partial charge in [-0.25, -0.2) is 0 Å². The second-order valence-electron chi connectivity index (χ2n) is 5.68. The van der Waals surface area contributed by atoms with Gasteiger partial charge in [-0.1, -0.05) is 25.8 Å². The lowest BCUT2D eigenvalue weighted by atomic mass is 9.79. The molecular formula is C13H25BO2. The average Bonchev–Trinajstić information content (AvgIpc) is 2.36. The van der Waals surface area contributed by atoms with Crippen molar-refractivity contribution in [2.75, 3.05) is 0 Å². The SMILES string of the molecule is CCCC/C=C(/C)B1OC(C)(C)C(C)(C)O1. The summed E-state index contributed by atoms with van der Waals surface area (Å²) in [7, 11) is -0.165. The fraction of sp³-hybridized carbons (Fsp3) is 0.846. The molecule has 0 amide bonds. The maximum atomic E-state index is 5.97. The van der Waals surface area contributed by atoms with E-state index >= 15 is 0 Å². The van der Waals surface area contributed by atoms with E-state index in [4.69, 9.17) is 9.31 Å². The molecule has 1 saturated heterocycles. The third-order valence-electron chi connectivity index (χ3n) is 3.65. The Bertz CT molecular complexity index is 253. The molecule has 1 rings (SSSR count). The van der Waals surface area contributed by atoms with Gasteiger partial charge in [0.05, 0.1) is 11.2 Å². The zero-order chi connectivity index (χ0) is 12.4. The Labute approximate surface area is 101 Å². The molecule has 0 spiro atoms. The van der Waals surface area contributed by atoms with Gasteiger partial charge in [0.2, 0.25) is 0 Å². The van der Waals surface area contributed by atoms with Crippen LogP contribution in [0.1, 0.15) is 60.8 Å². The molecule has 1 fully saturated rings. The highest BCUT2D eigenvalue weighted by Gasteiger charge is 2.51. The van der Waals surface area contributed by atoms with E-state index in [1.165, 1.54) is 18.3 Å². The number of allylic oxidation sites excluding steroid dienone is 2. The first-order chi connectivity index (χ1) is 7.30. The molecule has 92 valence electrons. The molecular weight excluding hydrogens is 199 g/mol. The summed E-state index contributed by atoms with van der Waals surface area (Å²) in [6, 6.07) is 0. The van der Waals surface area contributed by atoms with Crippen LogP contribution in [0.15, 0.2) is 11.5 Å². The van der Waals surface area contributed by atoms with E-state index in [0.29, 0.717) is 0 Å². The molecule has 0 unspecified atom stereocenters. The fourth-order valence-corrected chi connectivity index (χ4v) is 1.66. The molecule has 16 heavy (non-hydrogen) atoms. The number of hydrogen-bond acceptors (Lipinski definition) is 2. The molecule has 0 aromatic heterocycles. The van der Waals surface area contributed by atoms with Crippen molar-refractivity contribution in [2.24, 2.45) is 0 Å². The molecule has 0 bridgehead atoms. The smallest absolute Gasteiger partial charge is 0.400 e. The molecule has 0 saturated carbocycles. The number of unbranched alkanes of at least 4 members (excludes halogenated alkanes) is 2. The monoisotopic (exact) mass is 224 g/mol. The van der Waals surface area contributed by atoms with Gasteiger partial charge in [0.1, 0.15) is 0 Å². The molecule has 0 aromatic carbocycles. The lowest BCUT2D eigenvalue weighted by molar-refractivity contribution is 0.00578. The summed E-state index contributed by atoms with van der Waals surface area (Å²) in [6.07, 6.45) is 5.82. The zero-order valence-electron chi connectivity index (χ0n) is 11.6. The van der Waals surface area contributed by atoms with Gasteiger partial charge in [-0.2, -0.15) is 0 Å². The highest BCUT2D eigenvalue weighted by atomic mass is 16.7. The van der Waals surface area contributed by atoms with Crippen LogP contribution in [0.25, 0.3) is 0 Å². The molecule has 1 aliphatic heterocycles. The predicted octanol–water partition coefficient (Wildman–Crippen LogP) is 3.75. The van der Waals surface area contributed by atoms with Gasteiger partial charge in [-0.3, -0.25) is 0 Å². The summed E-state index contributed by atoms with van der Waals surface area (Å²) in [5.74, 6) is 0. The molecule has 0 radical (unpaired) electrons. The Morgan fingerprint density at radius 2 is 1.62 bits per heavy atom. The van der Waals surface area contributed by atoms with Crippen LogP contribution < -0.4 is 0 Å². The Balaban J connectivity index is 2.62. The topological polar surface area (TPSA) is 18.5 Å². The van der Waals surface area contributed by atoms with Crippen molar-refractivity contribution in [3.63, 3.8) is 0 Å². The van der Waals surface area contributed by atoms with E-state index in [1.807, 2.05) is 0 Å². The minimum Gasteiger partial charge on any atom is -0.400 e. The van der Waals surface area contributed by atoms with Crippen LogP contribution in [0.2, 0.25) is 0 Å². The first kappa shape index (κ1) is 13.8. The van der Waals surface area contributed by atoms with Crippen molar-refractivity contribution in [1.29, 1.82) is 0 Å². The normalized spacial score (nSPS) is 23.9. The van der Waals surface area contributed by atoms with Gasteiger partial charge >= 0.3 is 7.12 Å². The molecule has 1 heterocycles. The van der Waals surface area contributed by atoms with Crippen molar-refractivity contribution in [3.05, 3.63) is 11.5 Å². The quantitative estimate of drug-likeness (QED) is 0.534. The second kappa shape index (κ2) is 4.93. The Morgan fingerprint density at radius 3 is 2.06 bits per heavy atom. The maximum absolute atomic E-state index is 5.97. The van der Waals surface area contributed by atoms with Crippen LogP contribution >= 0.6 is 0 Å². The lowest BCUT2D eigenvalue weighted by Gasteiger charge is -2.32. The fourth-order valence-electron chi connectivity index (χ4n) is 1.66. The van der Waals surface area contributed by atoms with Gasteiger partial charge in [-0.05, 0) is 46.5 Å². The van der Waals surface area contributed by atoms with E-state index in [9.17, 15) is 0 Å². The van der Waals surface area contributed by atoms with Gasteiger partial charge in [0.15, 0.2) is 0 Å². The standard InChI is InChI=1S/C13H25BO2/c1-7-8-9-10-11(2)14-15-12(3,4)13(5,6)16-14/h10H,7-9H2,1-6H3/b11-10-. The predicted molar refractivity (Wildman–Crippen MR) is 69.4 cm³/mol. The van der Waals surface area contributed by atoms with Crippen LogP contribution in [-0.2, 0) is 9.31 Å². The van der Waals surface area contributed by atoms with Gasteiger partial charge < -0.3 is 9.31 Å². The van der Waals surface area contributed by atoms with E-state index < -0.39 is 0 Å². The van der Waals surface area contributed by atoms with Gasteiger partial charge in [-0.15, -0.1) is 0 Å². The van der Waals surface area contributed by atoms with Crippen molar-refractivity contribution < 1.29 is 9.31 Å². The zero-order valence-corrected chi connectivity index (χ0v) is 11.6. The first-order valence-electron chi connectivity index (χ1n) is 6.32. The van der Waals surface area contributed by atoms with Crippen LogP contribution in [0.5, 0.6) is 0 Å². The Kier molecular flexibility index (Phi) is 4.25. The van der Waals surface area contributed by atoms with Crippen LogP contribution in [-0.4, -0.2) is 18.3 Å². The van der Waals surface area contributed by atoms with Crippen molar-refractivity contribution >= 4 is 7.12 Å². The minimum atomic E-state index is -0.225. The van der Waals surface area contributed by atoms with E-state index in [-0.39, 0.29) is 18.3 Å². The van der Waals surface area contributed by atoms with Crippen molar-refractivity contribution in [2.45, 2.75) is 72.0 Å². The van der Waals surface area contributed by atoms with E-state index in [1.54, 1.807) is 0 Å². The summed E-state index contributed by atoms with van der Waals surface area (Å²) >= 11 is 0. The third-order valence-corrected chi connectivity index (χ3v) is 3.65. The lowest BCUT2D eigenvalue weighted by Crippen LogP contribution is -2.41. The molecule has 2 nitrogen and oxygen atoms in total. The van der Waals surface area contributed by atoms with Crippen LogP contribution in [0, 0.1) is 0 Å². The van der Waals surface area contributed by atoms with E-state index in [0.717, 1.165) is 6.42 Å². The van der Waals surface area contributed by atoms with Crippen LogP contribution in [0.3, 0.4) is 0 Å². The number of hydrogen-bond donors (Lipinski definition) is 0. The van der Waals surface area contributed by atoms with Crippen LogP contribution in [0.4, 0.5) is 0 Å². The van der Waals surface area contributed by atoms with Crippen molar-refractivity contribution in [1.82, 2.24) is 0 Å². The summed E-state index contributed by atoms with van der Waals surface area (Å²) in [6.45, 7) is 12.7. The highest BCUT2D eigenvalue weighted by Crippen LogP contribution is 2.38. The summed E-state index contributed by atoms with van der Waals surface area (Å²) in [5, 5.41) is 0. The Morgan fingerprint density at radius 1 is 1.12 bits per heavy atom. The average molecular weight is 224 g/mol. The molecule has 0 aromatic rings. The Hall–Kier alpha value is -0.275. The van der Waals surface area contributed by atoms with Crippen molar-refractivity contribution in [3.8, 4) is 0 Å². The molecule has 0 N–H and O–H groups in total. The largest absolute Gasteiger partial charge is 0.489 e. The van der Waals surface area contributed by atoms with E-state index in [2.05, 4.69) is 47.6 Å². The van der Waals surface area contributed by atoms with Gasteiger partial charge in [0, 0.05) is 0 Å². The first-order valence-corrected chi connectivity index (χ1v) is 6.32. The summed E-state index contributed by atoms with van der Waals surface area (Å²) < 4.78 is 11.9. The highest BCUT2D eigenvalue weighted by molar-refractivity contribution is 6.54. The number of rotatable bonds is 4. The molecule has 3 heteroatoms. The summed E-state index contributed by atoms with van der Waals surface area (Å²) in [4.78, 5) is 0.